The fraction of sp³-hybridized carbons (Fsp3) is 0.100. The van der Waals surface area contributed by atoms with Crippen LogP contribution in [0.25, 0.3) is 6.08 Å². The van der Waals surface area contributed by atoms with Crippen LogP contribution >= 0.6 is 23.4 Å². The highest BCUT2D eigenvalue weighted by Crippen LogP contribution is 2.30. The standard InChI is InChI=1S/C20H15ClN2O5S/c21-15-8-10-16(11-9-15)28-13-12-22-19(24)18(29-20(22)25)7-3-5-14-4-1-2-6-17(14)23(26)27/h1-11H,12-13H2/b5-3+,18-7-. The third kappa shape index (κ3) is 5.24. The molecule has 0 saturated carbocycles. The average Bonchev–Trinajstić information content (AvgIpc) is 2.97. The summed E-state index contributed by atoms with van der Waals surface area (Å²) in [5.41, 5.74) is 0.369. The zero-order valence-electron chi connectivity index (χ0n) is 15.0. The molecule has 0 unspecified atom stereocenters. The van der Waals surface area contributed by atoms with E-state index in [4.69, 9.17) is 16.3 Å². The fourth-order valence-corrected chi connectivity index (χ4v) is 3.47. The molecule has 2 aromatic rings. The monoisotopic (exact) mass is 430 g/mol. The van der Waals surface area contributed by atoms with Crippen molar-refractivity contribution >= 4 is 46.3 Å². The number of imide groups is 1. The van der Waals surface area contributed by atoms with Crippen molar-refractivity contribution in [2.45, 2.75) is 0 Å². The van der Waals surface area contributed by atoms with Crippen LogP contribution in [0, 0.1) is 10.1 Å². The topological polar surface area (TPSA) is 89.8 Å². The molecule has 7 nitrogen and oxygen atoms in total. The number of allylic oxidation sites excluding steroid dienone is 2. The van der Waals surface area contributed by atoms with Gasteiger partial charge < -0.3 is 4.74 Å². The number of ether oxygens (including phenoxy) is 1. The summed E-state index contributed by atoms with van der Waals surface area (Å²) in [5, 5.41) is 11.2. The molecule has 0 N–H and O–H groups in total. The smallest absolute Gasteiger partial charge is 0.293 e. The summed E-state index contributed by atoms with van der Waals surface area (Å²) in [6.45, 7) is 0.261. The number of thioether (sulfide) groups is 1. The molecule has 2 amide bonds. The van der Waals surface area contributed by atoms with Crippen molar-refractivity contribution in [3.8, 4) is 5.75 Å². The number of carbonyl (C=O) groups is 2. The normalized spacial score (nSPS) is 15.5. The van der Waals surface area contributed by atoms with Crippen LogP contribution in [0.1, 0.15) is 5.56 Å². The van der Waals surface area contributed by atoms with E-state index in [-0.39, 0.29) is 29.0 Å². The average molecular weight is 431 g/mol. The first kappa shape index (κ1) is 20.6. The Morgan fingerprint density at radius 1 is 1.14 bits per heavy atom. The van der Waals surface area contributed by atoms with Gasteiger partial charge in [-0.3, -0.25) is 24.6 Å². The van der Waals surface area contributed by atoms with Crippen LogP contribution in [0.15, 0.2) is 65.6 Å². The largest absolute Gasteiger partial charge is 0.492 e. The first-order valence-electron chi connectivity index (χ1n) is 8.49. The number of amides is 2. The van der Waals surface area contributed by atoms with Gasteiger partial charge in [-0.1, -0.05) is 29.8 Å². The number of nitro groups is 1. The van der Waals surface area contributed by atoms with Gasteiger partial charge in [0.05, 0.1) is 21.9 Å². The Morgan fingerprint density at radius 2 is 1.86 bits per heavy atom. The van der Waals surface area contributed by atoms with E-state index in [1.165, 1.54) is 24.3 Å². The summed E-state index contributed by atoms with van der Waals surface area (Å²) in [7, 11) is 0. The van der Waals surface area contributed by atoms with E-state index in [1.807, 2.05) is 0 Å². The lowest BCUT2D eigenvalue weighted by Crippen LogP contribution is -2.32. The molecule has 1 heterocycles. The first-order chi connectivity index (χ1) is 14.0. The Hall–Kier alpha value is -3.10. The summed E-state index contributed by atoms with van der Waals surface area (Å²) in [6, 6.07) is 13.0. The van der Waals surface area contributed by atoms with E-state index >= 15 is 0 Å². The first-order valence-corrected chi connectivity index (χ1v) is 9.69. The Kier molecular flexibility index (Phi) is 6.69. The van der Waals surface area contributed by atoms with Crippen molar-refractivity contribution in [2.24, 2.45) is 0 Å². The fourth-order valence-electron chi connectivity index (χ4n) is 2.53. The predicted molar refractivity (Wildman–Crippen MR) is 112 cm³/mol. The Morgan fingerprint density at radius 3 is 2.59 bits per heavy atom. The number of nitro benzene ring substituents is 1. The third-order valence-corrected chi connectivity index (χ3v) is 5.11. The van der Waals surface area contributed by atoms with Crippen molar-refractivity contribution in [2.75, 3.05) is 13.2 Å². The zero-order chi connectivity index (χ0) is 20.8. The maximum absolute atomic E-state index is 12.4. The van der Waals surface area contributed by atoms with Gasteiger partial charge in [-0.2, -0.15) is 0 Å². The molecule has 0 spiro atoms. The number of rotatable bonds is 7. The van der Waals surface area contributed by atoms with Crippen LogP contribution in [0.3, 0.4) is 0 Å². The van der Waals surface area contributed by atoms with Crippen LogP contribution in [0.5, 0.6) is 5.75 Å². The SMILES string of the molecule is O=C1S/C(=C\C=C\c2ccccc2[N+](=O)[O-])C(=O)N1CCOc1ccc(Cl)cc1. The molecular weight excluding hydrogens is 416 g/mol. The molecule has 0 radical (unpaired) electrons. The molecule has 1 aliphatic rings. The highest BCUT2D eigenvalue weighted by molar-refractivity contribution is 8.18. The molecule has 0 aromatic heterocycles. The number of halogens is 1. The number of benzene rings is 2. The summed E-state index contributed by atoms with van der Waals surface area (Å²) in [6.07, 6.45) is 4.51. The second-order valence-corrected chi connectivity index (χ2v) is 7.26. The van der Waals surface area contributed by atoms with Gasteiger partial charge in [-0.05, 0) is 54.2 Å². The number of hydrogen-bond acceptors (Lipinski definition) is 6. The third-order valence-electron chi connectivity index (χ3n) is 3.93. The van der Waals surface area contributed by atoms with Gasteiger partial charge in [0.25, 0.3) is 16.8 Å². The van der Waals surface area contributed by atoms with Crippen LogP contribution in [-0.4, -0.2) is 34.1 Å². The minimum absolute atomic E-state index is 0.0374. The number of carbonyl (C=O) groups excluding carboxylic acids is 2. The molecule has 1 aliphatic heterocycles. The van der Waals surface area contributed by atoms with Gasteiger partial charge in [-0.15, -0.1) is 0 Å². The Labute approximate surface area is 175 Å². The van der Waals surface area contributed by atoms with E-state index in [1.54, 1.807) is 42.5 Å². The lowest BCUT2D eigenvalue weighted by atomic mass is 10.1. The summed E-state index contributed by atoms with van der Waals surface area (Å²) >= 11 is 6.62. The molecular formula is C20H15ClN2O5S. The molecule has 0 aliphatic carbocycles. The highest BCUT2D eigenvalue weighted by atomic mass is 35.5. The van der Waals surface area contributed by atoms with Gasteiger partial charge in [0.1, 0.15) is 12.4 Å². The molecule has 2 aromatic carbocycles. The molecule has 0 bridgehead atoms. The number of hydrogen-bond donors (Lipinski definition) is 0. The zero-order valence-corrected chi connectivity index (χ0v) is 16.6. The molecule has 1 fully saturated rings. The van der Waals surface area contributed by atoms with Crippen LogP contribution in [0.4, 0.5) is 10.5 Å². The minimum atomic E-state index is -0.478. The number of nitrogens with zero attached hydrogens (tertiary/aromatic N) is 2. The van der Waals surface area contributed by atoms with E-state index in [2.05, 4.69) is 0 Å². The van der Waals surface area contributed by atoms with Gasteiger partial charge >= 0.3 is 0 Å². The van der Waals surface area contributed by atoms with Crippen molar-refractivity contribution in [1.29, 1.82) is 0 Å². The summed E-state index contributed by atoms with van der Waals surface area (Å²) in [4.78, 5) is 36.4. The van der Waals surface area contributed by atoms with Crippen LogP contribution < -0.4 is 4.74 Å². The minimum Gasteiger partial charge on any atom is -0.492 e. The quantitative estimate of drug-likeness (QED) is 0.352. The van der Waals surface area contributed by atoms with E-state index < -0.39 is 10.8 Å². The Bertz CT molecular complexity index is 1000. The second kappa shape index (κ2) is 9.40. The van der Waals surface area contributed by atoms with E-state index in [0.29, 0.717) is 16.3 Å². The highest BCUT2D eigenvalue weighted by Gasteiger charge is 2.34. The van der Waals surface area contributed by atoms with Gasteiger partial charge in [0, 0.05) is 11.1 Å². The van der Waals surface area contributed by atoms with E-state index in [9.17, 15) is 19.7 Å². The lowest BCUT2D eigenvalue weighted by molar-refractivity contribution is -0.385. The summed E-state index contributed by atoms with van der Waals surface area (Å²) in [5.74, 6) is 0.163. The summed E-state index contributed by atoms with van der Waals surface area (Å²) < 4.78 is 5.52. The van der Waals surface area contributed by atoms with E-state index in [0.717, 1.165) is 16.7 Å². The van der Waals surface area contributed by atoms with Gasteiger partial charge in [0.15, 0.2) is 0 Å². The van der Waals surface area contributed by atoms with Gasteiger partial charge in [0.2, 0.25) is 0 Å². The van der Waals surface area contributed by atoms with Crippen molar-refractivity contribution in [1.82, 2.24) is 4.90 Å². The second-order valence-electron chi connectivity index (χ2n) is 5.83. The van der Waals surface area contributed by atoms with Crippen molar-refractivity contribution < 1.29 is 19.2 Å². The molecule has 1 saturated heterocycles. The molecule has 0 atom stereocenters. The molecule has 148 valence electrons. The predicted octanol–water partition coefficient (Wildman–Crippen LogP) is 4.92. The molecule has 3 rings (SSSR count). The number of para-hydroxylation sites is 1. The van der Waals surface area contributed by atoms with Gasteiger partial charge in [-0.25, -0.2) is 0 Å². The van der Waals surface area contributed by atoms with Crippen molar-refractivity contribution in [3.05, 3.63) is 86.3 Å². The Balaban J connectivity index is 1.61. The van der Waals surface area contributed by atoms with Crippen molar-refractivity contribution in [3.63, 3.8) is 0 Å². The maximum atomic E-state index is 12.4. The molecule has 9 heteroatoms. The lowest BCUT2D eigenvalue weighted by Gasteiger charge is -2.13. The maximum Gasteiger partial charge on any atom is 0.293 e. The van der Waals surface area contributed by atoms with Crippen LogP contribution in [0.2, 0.25) is 5.02 Å². The molecule has 29 heavy (non-hydrogen) atoms. The van der Waals surface area contributed by atoms with Crippen LogP contribution in [-0.2, 0) is 4.79 Å².